The van der Waals surface area contributed by atoms with Crippen molar-refractivity contribution in [3.8, 4) is 11.5 Å². The third-order valence-corrected chi connectivity index (χ3v) is 6.17. The van der Waals surface area contributed by atoms with Gasteiger partial charge in [-0.05, 0) is 37.1 Å². The molecule has 34 heavy (non-hydrogen) atoms. The molecule has 9 heteroatoms. The number of hydrogen-bond acceptors (Lipinski definition) is 7. The van der Waals surface area contributed by atoms with Gasteiger partial charge in [0, 0.05) is 40.9 Å². The summed E-state index contributed by atoms with van der Waals surface area (Å²) in [5.74, 6) is 0.371. The minimum absolute atomic E-state index is 0.171. The molecule has 0 N–H and O–H groups in total. The molecule has 0 spiro atoms. The number of para-hydroxylation sites is 1. The third-order valence-electron chi connectivity index (χ3n) is 5.71. The molecule has 1 aliphatic carbocycles. The monoisotopic (exact) mass is 523 g/mol. The second-order valence-electron chi connectivity index (χ2n) is 8.25. The maximum absolute atomic E-state index is 12.6. The Hall–Kier alpha value is -3.46. The van der Waals surface area contributed by atoms with Crippen molar-refractivity contribution >= 4 is 44.6 Å². The van der Waals surface area contributed by atoms with Crippen LogP contribution < -0.4 is 9.47 Å². The molecule has 1 amide bonds. The highest BCUT2D eigenvalue weighted by Crippen LogP contribution is 2.44. The van der Waals surface area contributed by atoms with Crippen molar-refractivity contribution in [2.24, 2.45) is 5.10 Å². The second-order valence-corrected chi connectivity index (χ2v) is 9.16. The summed E-state index contributed by atoms with van der Waals surface area (Å²) in [5, 5.41) is 6.67. The molecule has 1 fully saturated rings. The summed E-state index contributed by atoms with van der Waals surface area (Å²) < 4.78 is 17.9. The number of pyridine rings is 1. The molecular weight excluding hydrogens is 502 g/mol. The summed E-state index contributed by atoms with van der Waals surface area (Å²) in [7, 11) is 1.47. The Kier molecular flexibility index (Phi) is 5.73. The van der Waals surface area contributed by atoms with Gasteiger partial charge in [0.05, 0.1) is 18.2 Å². The number of carbonyl (C=O) groups is 2. The van der Waals surface area contributed by atoms with Gasteiger partial charge in [0.2, 0.25) is 18.0 Å². The van der Waals surface area contributed by atoms with E-state index in [9.17, 15) is 9.59 Å². The lowest BCUT2D eigenvalue weighted by molar-refractivity contribution is -0.135. The number of hydrazone groups is 1. The number of halogens is 1. The van der Waals surface area contributed by atoms with Crippen molar-refractivity contribution in [2.45, 2.75) is 38.8 Å². The lowest BCUT2D eigenvalue weighted by Gasteiger charge is -2.23. The van der Waals surface area contributed by atoms with Gasteiger partial charge in [-0.2, -0.15) is 5.01 Å². The number of amides is 1. The standard InChI is InChI=1S/C25H22BrN3O5/c1-13(30)29-25(19-10-16(26)11-22(32-3)23(19)33-14(2)31)34-24(28-29)18-12-21(15-8-9-15)27-20-7-5-4-6-17(18)20/h4-7,10-12,15,25H,8-9H2,1-3H3/t25-/m0/s1. The van der Waals surface area contributed by atoms with Crippen molar-refractivity contribution in [1.29, 1.82) is 0 Å². The van der Waals surface area contributed by atoms with Gasteiger partial charge < -0.3 is 14.2 Å². The number of carbonyl (C=O) groups excluding carboxylic acids is 2. The van der Waals surface area contributed by atoms with E-state index in [2.05, 4.69) is 21.0 Å². The summed E-state index contributed by atoms with van der Waals surface area (Å²) >= 11 is 3.46. The smallest absolute Gasteiger partial charge is 0.308 e. The number of benzene rings is 2. The SMILES string of the molecule is COc1cc(Br)cc([C@@H]2OC(c3cc(C4CC4)nc4ccccc34)=NN2C(C)=O)c1OC(C)=O. The molecule has 5 rings (SSSR count). The van der Waals surface area contributed by atoms with Gasteiger partial charge >= 0.3 is 5.97 Å². The maximum atomic E-state index is 12.6. The molecule has 0 bridgehead atoms. The van der Waals surface area contributed by atoms with Gasteiger partial charge in [0.25, 0.3) is 0 Å². The van der Waals surface area contributed by atoms with Crippen LogP contribution in [0.15, 0.2) is 52.0 Å². The summed E-state index contributed by atoms with van der Waals surface area (Å²) in [4.78, 5) is 29.3. The van der Waals surface area contributed by atoms with E-state index in [1.54, 1.807) is 12.1 Å². The van der Waals surface area contributed by atoms with E-state index >= 15 is 0 Å². The van der Waals surface area contributed by atoms with Crippen molar-refractivity contribution in [1.82, 2.24) is 9.99 Å². The first-order chi connectivity index (χ1) is 16.4. The molecule has 174 valence electrons. The van der Waals surface area contributed by atoms with Crippen LogP contribution >= 0.6 is 15.9 Å². The summed E-state index contributed by atoms with van der Waals surface area (Å²) in [6.45, 7) is 2.71. The second kappa shape index (κ2) is 8.72. The fourth-order valence-electron chi connectivity index (χ4n) is 4.02. The minimum Gasteiger partial charge on any atom is -0.493 e. The zero-order valence-corrected chi connectivity index (χ0v) is 20.5. The Bertz CT molecular complexity index is 1350. The van der Waals surface area contributed by atoms with E-state index in [0.717, 1.165) is 35.0 Å². The Morgan fingerprint density at radius 1 is 1.15 bits per heavy atom. The van der Waals surface area contributed by atoms with Crippen molar-refractivity contribution in [3.63, 3.8) is 0 Å². The number of nitrogens with zero attached hydrogens (tertiary/aromatic N) is 3. The van der Waals surface area contributed by atoms with Crippen LogP contribution in [0.1, 0.15) is 55.7 Å². The van der Waals surface area contributed by atoms with E-state index in [1.807, 2.05) is 30.3 Å². The molecule has 3 aromatic rings. The summed E-state index contributed by atoms with van der Waals surface area (Å²) in [6.07, 6.45) is 1.25. The molecule has 2 aliphatic rings. The third kappa shape index (κ3) is 4.11. The van der Waals surface area contributed by atoms with E-state index in [4.69, 9.17) is 19.2 Å². The zero-order chi connectivity index (χ0) is 24.0. The first kappa shape index (κ1) is 22.3. The molecule has 1 atom stereocenters. The van der Waals surface area contributed by atoms with Crippen LogP contribution in [-0.4, -0.2) is 34.9 Å². The molecular formula is C25H22BrN3O5. The van der Waals surface area contributed by atoms with Crippen LogP contribution in [0.4, 0.5) is 0 Å². The number of aromatic nitrogens is 1. The molecule has 0 radical (unpaired) electrons. The van der Waals surface area contributed by atoms with E-state index < -0.39 is 12.2 Å². The van der Waals surface area contributed by atoms with Crippen molar-refractivity contribution < 1.29 is 23.8 Å². The van der Waals surface area contributed by atoms with E-state index in [1.165, 1.54) is 26.0 Å². The first-order valence-electron chi connectivity index (χ1n) is 10.9. The van der Waals surface area contributed by atoms with Crippen molar-refractivity contribution in [3.05, 3.63) is 63.8 Å². The van der Waals surface area contributed by atoms with Gasteiger partial charge in [0.1, 0.15) is 0 Å². The van der Waals surface area contributed by atoms with Crippen LogP contribution in [0.2, 0.25) is 0 Å². The Balaban J connectivity index is 1.63. The highest BCUT2D eigenvalue weighted by molar-refractivity contribution is 9.10. The number of fused-ring (bicyclic) bond motifs is 1. The van der Waals surface area contributed by atoms with Gasteiger partial charge in [-0.3, -0.25) is 14.6 Å². The maximum Gasteiger partial charge on any atom is 0.308 e. The quantitative estimate of drug-likeness (QED) is 0.343. The van der Waals surface area contributed by atoms with Crippen LogP contribution in [0, 0.1) is 0 Å². The van der Waals surface area contributed by atoms with Crippen LogP contribution in [0.3, 0.4) is 0 Å². The Morgan fingerprint density at radius 3 is 2.59 bits per heavy atom. The summed E-state index contributed by atoms with van der Waals surface area (Å²) in [5.41, 5.74) is 3.02. The number of hydrogen-bond donors (Lipinski definition) is 0. The van der Waals surface area contributed by atoms with Crippen LogP contribution in [-0.2, 0) is 14.3 Å². The topological polar surface area (TPSA) is 90.3 Å². The summed E-state index contributed by atoms with van der Waals surface area (Å²) in [6, 6.07) is 13.2. The normalized spacial score (nSPS) is 17.4. The van der Waals surface area contributed by atoms with E-state index in [-0.39, 0.29) is 11.7 Å². The number of ether oxygens (including phenoxy) is 3. The molecule has 2 heterocycles. The van der Waals surface area contributed by atoms with E-state index in [0.29, 0.717) is 27.6 Å². The molecule has 0 unspecified atom stereocenters. The lowest BCUT2D eigenvalue weighted by Crippen LogP contribution is -2.26. The molecule has 1 aliphatic heterocycles. The number of rotatable bonds is 5. The van der Waals surface area contributed by atoms with Gasteiger partial charge in [-0.1, -0.05) is 34.1 Å². The largest absolute Gasteiger partial charge is 0.493 e. The Morgan fingerprint density at radius 2 is 1.91 bits per heavy atom. The highest BCUT2D eigenvalue weighted by Gasteiger charge is 2.38. The average Bonchev–Trinajstić information content (AvgIpc) is 3.57. The number of esters is 1. The molecule has 0 saturated heterocycles. The first-order valence-corrected chi connectivity index (χ1v) is 11.7. The molecule has 8 nitrogen and oxygen atoms in total. The number of methoxy groups -OCH3 is 1. The fourth-order valence-corrected chi connectivity index (χ4v) is 4.47. The fraction of sp³-hybridized carbons (Fsp3) is 0.280. The van der Waals surface area contributed by atoms with Gasteiger partial charge in [-0.15, -0.1) is 5.10 Å². The molecule has 1 aromatic heterocycles. The average molecular weight is 524 g/mol. The van der Waals surface area contributed by atoms with Crippen molar-refractivity contribution in [2.75, 3.05) is 7.11 Å². The predicted octanol–water partition coefficient (Wildman–Crippen LogP) is 5.05. The molecule has 2 aromatic carbocycles. The minimum atomic E-state index is -0.954. The highest BCUT2D eigenvalue weighted by atomic mass is 79.9. The molecule has 1 saturated carbocycles. The van der Waals surface area contributed by atoms with Gasteiger partial charge in [-0.25, -0.2) is 0 Å². The lowest BCUT2D eigenvalue weighted by atomic mass is 10.1. The zero-order valence-electron chi connectivity index (χ0n) is 18.9. The van der Waals surface area contributed by atoms with Crippen LogP contribution in [0.25, 0.3) is 10.9 Å². The Labute approximate surface area is 204 Å². The van der Waals surface area contributed by atoms with Gasteiger partial charge in [0.15, 0.2) is 11.5 Å². The van der Waals surface area contributed by atoms with Crippen LogP contribution in [0.5, 0.6) is 11.5 Å². The predicted molar refractivity (Wildman–Crippen MR) is 129 cm³/mol.